The summed E-state index contributed by atoms with van der Waals surface area (Å²) in [6, 6.07) is 25.8. The summed E-state index contributed by atoms with van der Waals surface area (Å²) < 4.78 is 7.89. The molecule has 0 aliphatic carbocycles. The molecule has 0 saturated carbocycles. The number of hydrogen-bond acceptors (Lipinski definition) is 3. The number of rotatable bonds is 10. The van der Waals surface area contributed by atoms with E-state index >= 15 is 0 Å². The van der Waals surface area contributed by atoms with Crippen LogP contribution in [0.4, 0.5) is 5.69 Å². The summed E-state index contributed by atoms with van der Waals surface area (Å²) in [4.78, 5) is 23.4. The maximum atomic E-state index is 12.7. The highest BCUT2D eigenvalue weighted by molar-refractivity contribution is 6.04. The second-order valence-electron chi connectivity index (χ2n) is 8.36. The number of carboxylic acid groups (broad SMARTS) is 1. The fourth-order valence-corrected chi connectivity index (χ4v) is 3.91. The van der Waals surface area contributed by atoms with Crippen molar-refractivity contribution in [1.29, 1.82) is 0 Å². The second-order valence-corrected chi connectivity index (χ2v) is 8.36. The minimum absolute atomic E-state index is 0.0381. The van der Waals surface area contributed by atoms with E-state index in [0.717, 1.165) is 28.6 Å². The molecule has 0 saturated heterocycles. The number of fused-ring (bicyclic) bond motifs is 1. The van der Waals surface area contributed by atoms with Gasteiger partial charge in [0.15, 0.2) is 0 Å². The van der Waals surface area contributed by atoms with Crippen molar-refractivity contribution in [1.82, 2.24) is 4.57 Å². The smallest absolute Gasteiger partial charge is 0.303 e. The Morgan fingerprint density at radius 3 is 2.57 bits per heavy atom. The predicted molar refractivity (Wildman–Crippen MR) is 139 cm³/mol. The molecule has 0 fully saturated rings. The molecule has 1 aromatic heterocycles. The molecule has 0 radical (unpaired) electrons. The van der Waals surface area contributed by atoms with Gasteiger partial charge >= 0.3 is 5.97 Å². The number of hydrogen-bond donors (Lipinski definition) is 2. The van der Waals surface area contributed by atoms with E-state index in [1.807, 2.05) is 43.3 Å². The van der Waals surface area contributed by atoms with Crippen molar-refractivity contribution in [3.8, 4) is 5.75 Å². The van der Waals surface area contributed by atoms with Crippen LogP contribution in [0.3, 0.4) is 0 Å². The number of carboxylic acids is 1. The molecule has 178 valence electrons. The summed E-state index contributed by atoms with van der Waals surface area (Å²) in [5.41, 5.74) is 4.76. The molecular formula is C29H28N2O4. The Morgan fingerprint density at radius 2 is 1.77 bits per heavy atom. The zero-order valence-corrected chi connectivity index (χ0v) is 19.6. The number of allylic oxidation sites excluding steroid dienone is 1. The Hall–Kier alpha value is -4.32. The van der Waals surface area contributed by atoms with Crippen LogP contribution in [0.5, 0.6) is 5.75 Å². The standard InChI is InChI=1S/C29H28N2O4/c1-21(18-28(32)30-25-10-5-6-11-27(25)35-17-7-12-29(33)34)23-13-14-26-24(19-23)15-16-31(26)20-22-8-3-2-4-9-22/h2-6,8-11,13-16,18-19H,7,12,17,20H2,1H3,(H,30,32)(H,33,34). The van der Waals surface area contributed by atoms with Gasteiger partial charge < -0.3 is 19.7 Å². The first-order valence-electron chi connectivity index (χ1n) is 11.6. The summed E-state index contributed by atoms with van der Waals surface area (Å²) in [7, 11) is 0. The van der Waals surface area contributed by atoms with Gasteiger partial charge in [-0.15, -0.1) is 0 Å². The quantitative estimate of drug-likeness (QED) is 0.222. The SMILES string of the molecule is CC(=CC(=O)Nc1ccccc1OCCCC(=O)O)c1ccc2c(ccn2Cc2ccccc2)c1. The van der Waals surface area contributed by atoms with E-state index < -0.39 is 5.97 Å². The largest absolute Gasteiger partial charge is 0.491 e. The molecule has 0 spiro atoms. The number of carbonyl (C=O) groups excluding carboxylic acids is 1. The number of nitrogens with zero attached hydrogens (tertiary/aromatic N) is 1. The van der Waals surface area contributed by atoms with E-state index in [-0.39, 0.29) is 18.9 Å². The number of anilines is 1. The predicted octanol–water partition coefficient (Wildman–Crippen LogP) is 5.98. The average Bonchev–Trinajstić information content (AvgIpc) is 3.25. The van der Waals surface area contributed by atoms with Gasteiger partial charge in [0.1, 0.15) is 5.75 Å². The summed E-state index contributed by atoms with van der Waals surface area (Å²) in [6.07, 6.45) is 4.09. The van der Waals surface area contributed by atoms with Crippen LogP contribution >= 0.6 is 0 Å². The lowest BCUT2D eigenvalue weighted by Crippen LogP contribution is -2.11. The topological polar surface area (TPSA) is 80.6 Å². The van der Waals surface area contributed by atoms with E-state index in [2.05, 4.69) is 46.4 Å². The number of aliphatic carboxylic acids is 1. The highest BCUT2D eigenvalue weighted by Gasteiger charge is 2.09. The van der Waals surface area contributed by atoms with Crippen LogP contribution in [0.2, 0.25) is 0 Å². The first-order valence-corrected chi connectivity index (χ1v) is 11.6. The molecule has 35 heavy (non-hydrogen) atoms. The second kappa shape index (κ2) is 11.2. The first kappa shape index (κ1) is 23.8. The Balaban J connectivity index is 1.43. The number of nitrogens with one attached hydrogen (secondary N) is 1. The summed E-state index contributed by atoms with van der Waals surface area (Å²) >= 11 is 0. The highest BCUT2D eigenvalue weighted by atomic mass is 16.5. The highest BCUT2D eigenvalue weighted by Crippen LogP contribution is 2.26. The van der Waals surface area contributed by atoms with E-state index in [9.17, 15) is 9.59 Å². The fourth-order valence-electron chi connectivity index (χ4n) is 3.91. The van der Waals surface area contributed by atoms with Gasteiger partial charge in [0, 0.05) is 36.1 Å². The van der Waals surface area contributed by atoms with Crippen LogP contribution in [0.1, 0.15) is 30.9 Å². The van der Waals surface area contributed by atoms with Crippen LogP contribution < -0.4 is 10.1 Å². The molecule has 0 aliphatic rings. The van der Waals surface area contributed by atoms with Crippen LogP contribution in [-0.4, -0.2) is 28.2 Å². The zero-order chi connectivity index (χ0) is 24.6. The molecule has 1 amide bonds. The Labute approximate surface area is 204 Å². The van der Waals surface area contributed by atoms with Gasteiger partial charge in [-0.2, -0.15) is 0 Å². The monoisotopic (exact) mass is 468 g/mol. The molecule has 0 aliphatic heterocycles. The van der Waals surface area contributed by atoms with Crippen molar-refractivity contribution in [2.24, 2.45) is 0 Å². The molecule has 2 N–H and O–H groups in total. The van der Waals surface area contributed by atoms with Crippen molar-refractivity contribution in [3.05, 3.63) is 102 Å². The molecular weight excluding hydrogens is 440 g/mol. The lowest BCUT2D eigenvalue weighted by Gasteiger charge is -2.11. The van der Waals surface area contributed by atoms with E-state index in [1.54, 1.807) is 18.2 Å². The van der Waals surface area contributed by atoms with Crippen molar-refractivity contribution in [2.45, 2.75) is 26.3 Å². The van der Waals surface area contributed by atoms with Crippen molar-refractivity contribution in [2.75, 3.05) is 11.9 Å². The molecule has 6 nitrogen and oxygen atoms in total. The van der Waals surface area contributed by atoms with Crippen LogP contribution in [0.15, 0.2) is 91.1 Å². The molecule has 4 aromatic rings. The van der Waals surface area contributed by atoms with E-state index in [4.69, 9.17) is 9.84 Å². The van der Waals surface area contributed by atoms with Crippen molar-refractivity contribution >= 4 is 34.0 Å². The molecule has 1 heterocycles. The Bertz CT molecular complexity index is 1360. The third-order valence-electron chi connectivity index (χ3n) is 5.71. The number of amides is 1. The zero-order valence-electron chi connectivity index (χ0n) is 19.6. The number of aromatic nitrogens is 1. The summed E-state index contributed by atoms with van der Waals surface area (Å²) in [5, 5.41) is 12.7. The van der Waals surface area contributed by atoms with Crippen molar-refractivity contribution in [3.63, 3.8) is 0 Å². The Morgan fingerprint density at radius 1 is 1.00 bits per heavy atom. The molecule has 3 aromatic carbocycles. The van der Waals surface area contributed by atoms with Gasteiger partial charge in [-0.3, -0.25) is 9.59 Å². The number of benzene rings is 3. The van der Waals surface area contributed by atoms with E-state index in [0.29, 0.717) is 17.9 Å². The molecule has 0 unspecified atom stereocenters. The van der Waals surface area contributed by atoms with E-state index in [1.165, 1.54) is 5.56 Å². The van der Waals surface area contributed by atoms with Crippen molar-refractivity contribution < 1.29 is 19.4 Å². The lowest BCUT2D eigenvalue weighted by atomic mass is 10.0. The summed E-state index contributed by atoms with van der Waals surface area (Å²) in [5.74, 6) is -0.606. The molecule has 0 atom stereocenters. The van der Waals surface area contributed by atoms with Gasteiger partial charge in [-0.05, 0) is 60.4 Å². The van der Waals surface area contributed by atoms with Gasteiger partial charge in [-0.1, -0.05) is 48.5 Å². The van der Waals surface area contributed by atoms with Gasteiger partial charge in [0.05, 0.1) is 12.3 Å². The molecule has 4 rings (SSSR count). The molecule has 6 heteroatoms. The number of carbonyl (C=O) groups is 2. The first-order chi connectivity index (χ1) is 17.0. The minimum atomic E-state index is -0.859. The Kier molecular flexibility index (Phi) is 7.63. The number of para-hydroxylation sites is 2. The van der Waals surface area contributed by atoms with Crippen LogP contribution in [0, 0.1) is 0 Å². The van der Waals surface area contributed by atoms with Gasteiger partial charge in [0.25, 0.3) is 0 Å². The lowest BCUT2D eigenvalue weighted by molar-refractivity contribution is -0.137. The third-order valence-corrected chi connectivity index (χ3v) is 5.71. The molecule has 0 bridgehead atoms. The van der Waals surface area contributed by atoms with Gasteiger partial charge in [-0.25, -0.2) is 0 Å². The summed E-state index contributed by atoms with van der Waals surface area (Å²) in [6.45, 7) is 2.98. The average molecular weight is 469 g/mol. The van der Waals surface area contributed by atoms with Gasteiger partial charge in [0.2, 0.25) is 5.91 Å². The van der Waals surface area contributed by atoms with Crippen LogP contribution in [0.25, 0.3) is 16.5 Å². The fraction of sp³-hybridized carbons (Fsp3) is 0.172. The maximum absolute atomic E-state index is 12.7. The normalized spacial score (nSPS) is 11.4. The number of ether oxygens (including phenoxy) is 1. The van der Waals surface area contributed by atoms with Crippen LogP contribution in [-0.2, 0) is 16.1 Å². The third kappa shape index (κ3) is 6.38. The maximum Gasteiger partial charge on any atom is 0.303 e. The minimum Gasteiger partial charge on any atom is -0.491 e.